The first-order valence-electron chi connectivity index (χ1n) is 8.43. The SMILES string of the molecule is CCCCCCCC(CC(=O)O)O[C@@H]1O[C@@H](C)[C@H](O)[C@@H](O)[C@H]1O. The van der Waals surface area contributed by atoms with Crippen molar-refractivity contribution < 1.29 is 34.7 Å². The van der Waals surface area contributed by atoms with Gasteiger partial charge in [0.25, 0.3) is 0 Å². The number of ether oxygens (including phenoxy) is 2. The van der Waals surface area contributed by atoms with Gasteiger partial charge in [-0.15, -0.1) is 0 Å². The number of unbranched alkanes of at least 4 members (excludes halogenated alkanes) is 4. The maximum Gasteiger partial charge on any atom is 0.305 e. The largest absolute Gasteiger partial charge is 0.481 e. The van der Waals surface area contributed by atoms with E-state index in [2.05, 4.69) is 6.92 Å². The molecule has 7 nitrogen and oxygen atoms in total. The van der Waals surface area contributed by atoms with E-state index in [0.29, 0.717) is 6.42 Å². The summed E-state index contributed by atoms with van der Waals surface area (Å²) >= 11 is 0. The highest BCUT2D eigenvalue weighted by molar-refractivity contribution is 5.67. The molecule has 0 bridgehead atoms. The Bertz CT molecular complexity index is 349. The first-order valence-corrected chi connectivity index (χ1v) is 8.43. The standard InChI is InChI=1S/C16H30O7/c1-3-4-5-6-7-8-11(9-12(17)18)23-16-15(21)14(20)13(19)10(2)22-16/h10-11,13-16,19-21H,3-9H2,1-2H3,(H,17,18)/t10-,11?,13-,14+,15+,16-/m0/s1. The number of aliphatic carboxylic acids is 1. The Morgan fingerprint density at radius 1 is 1.09 bits per heavy atom. The molecule has 1 heterocycles. The fraction of sp³-hybridized carbons (Fsp3) is 0.938. The van der Waals surface area contributed by atoms with Gasteiger partial charge in [-0.05, 0) is 13.3 Å². The summed E-state index contributed by atoms with van der Waals surface area (Å²) in [7, 11) is 0. The average molecular weight is 334 g/mol. The topological polar surface area (TPSA) is 116 Å². The van der Waals surface area contributed by atoms with Gasteiger partial charge in [-0.1, -0.05) is 39.0 Å². The smallest absolute Gasteiger partial charge is 0.305 e. The molecule has 1 fully saturated rings. The predicted molar refractivity (Wildman–Crippen MR) is 82.9 cm³/mol. The predicted octanol–water partition coefficient (Wildman–Crippen LogP) is 1.03. The van der Waals surface area contributed by atoms with E-state index in [1.165, 1.54) is 0 Å². The summed E-state index contributed by atoms with van der Waals surface area (Å²) in [5.74, 6) is -0.984. The third-order valence-electron chi connectivity index (χ3n) is 4.17. The molecule has 1 aliphatic heterocycles. The Morgan fingerprint density at radius 2 is 1.74 bits per heavy atom. The van der Waals surface area contributed by atoms with E-state index in [1.807, 2.05) is 0 Å². The number of carboxylic acids is 1. The van der Waals surface area contributed by atoms with Crippen molar-refractivity contribution in [3.05, 3.63) is 0 Å². The van der Waals surface area contributed by atoms with Gasteiger partial charge in [-0.3, -0.25) is 4.79 Å². The van der Waals surface area contributed by atoms with E-state index in [-0.39, 0.29) is 6.42 Å². The van der Waals surface area contributed by atoms with Crippen LogP contribution in [-0.2, 0) is 14.3 Å². The summed E-state index contributed by atoms with van der Waals surface area (Å²) in [4.78, 5) is 11.0. The van der Waals surface area contributed by atoms with Crippen molar-refractivity contribution in [1.29, 1.82) is 0 Å². The van der Waals surface area contributed by atoms with Crippen LogP contribution in [0.15, 0.2) is 0 Å². The highest BCUT2D eigenvalue weighted by Crippen LogP contribution is 2.24. The monoisotopic (exact) mass is 334 g/mol. The van der Waals surface area contributed by atoms with Crippen LogP contribution in [0.1, 0.15) is 58.8 Å². The Morgan fingerprint density at radius 3 is 2.35 bits per heavy atom. The molecule has 1 rings (SSSR count). The molecule has 0 spiro atoms. The van der Waals surface area contributed by atoms with Crippen LogP contribution in [0.25, 0.3) is 0 Å². The fourth-order valence-electron chi connectivity index (χ4n) is 2.70. The number of carboxylic acid groups (broad SMARTS) is 1. The summed E-state index contributed by atoms with van der Waals surface area (Å²) < 4.78 is 10.9. The van der Waals surface area contributed by atoms with Crippen LogP contribution in [0.4, 0.5) is 0 Å². The molecule has 7 heteroatoms. The van der Waals surface area contributed by atoms with Crippen LogP contribution in [0.5, 0.6) is 0 Å². The van der Waals surface area contributed by atoms with E-state index >= 15 is 0 Å². The molecule has 0 radical (unpaired) electrons. The summed E-state index contributed by atoms with van der Waals surface area (Å²) in [6.07, 6.45) is -0.829. The lowest BCUT2D eigenvalue weighted by atomic mass is 9.99. The number of hydrogen-bond acceptors (Lipinski definition) is 6. The molecule has 1 saturated heterocycles. The molecule has 6 atom stereocenters. The molecule has 0 saturated carbocycles. The zero-order valence-electron chi connectivity index (χ0n) is 13.9. The van der Waals surface area contributed by atoms with Crippen LogP contribution >= 0.6 is 0 Å². The van der Waals surface area contributed by atoms with Crippen molar-refractivity contribution in [2.24, 2.45) is 0 Å². The summed E-state index contributed by atoms with van der Waals surface area (Å²) in [5, 5.41) is 38.4. The summed E-state index contributed by atoms with van der Waals surface area (Å²) in [5.41, 5.74) is 0. The van der Waals surface area contributed by atoms with E-state index in [4.69, 9.17) is 14.6 Å². The zero-order chi connectivity index (χ0) is 17.4. The van der Waals surface area contributed by atoms with Crippen LogP contribution < -0.4 is 0 Å². The lowest BCUT2D eigenvalue weighted by Crippen LogP contribution is -2.58. The third kappa shape index (κ3) is 6.73. The molecule has 1 aliphatic rings. The molecule has 23 heavy (non-hydrogen) atoms. The summed E-state index contributed by atoms with van der Waals surface area (Å²) in [6.45, 7) is 3.69. The minimum absolute atomic E-state index is 0.187. The number of aliphatic hydroxyl groups excluding tert-OH is 3. The van der Waals surface area contributed by atoms with Gasteiger partial charge >= 0.3 is 5.97 Å². The zero-order valence-corrected chi connectivity index (χ0v) is 13.9. The van der Waals surface area contributed by atoms with E-state index in [9.17, 15) is 20.1 Å². The van der Waals surface area contributed by atoms with Crippen molar-refractivity contribution >= 4 is 5.97 Å². The molecular weight excluding hydrogens is 304 g/mol. The molecule has 136 valence electrons. The van der Waals surface area contributed by atoms with Crippen LogP contribution in [-0.4, -0.2) is 63.2 Å². The number of hydrogen-bond donors (Lipinski definition) is 4. The summed E-state index contributed by atoms with van der Waals surface area (Å²) in [6, 6.07) is 0. The lowest BCUT2D eigenvalue weighted by Gasteiger charge is -2.40. The van der Waals surface area contributed by atoms with Gasteiger partial charge < -0.3 is 29.9 Å². The fourth-order valence-corrected chi connectivity index (χ4v) is 2.70. The molecule has 1 unspecified atom stereocenters. The number of rotatable bonds is 10. The van der Waals surface area contributed by atoms with Gasteiger partial charge in [0.15, 0.2) is 6.29 Å². The van der Waals surface area contributed by atoms with Gasteiger partial charge in [0, 0.05) is 0 Å². The quantitative estimate of drug-likeness (QED) is 0.441. The number of carbonyl (C=O) groups is 1. The van der Waals surface area contributed by atoms with Crippen LogP contribution in [0.3, 0.4) is 0 Å². The van der Waals surface area contributed by atoms with Crippen LogP contribution in [0, 0.1) is 0 Å². The molecule has 0 aromatic carbocycles. The van der Waals surface area contributed by atoms with E-state index in [1.54, 1.807) is 6.92 Å². The van der Waals surface area contributed by atoms with Crippen molar-refractivity contribution in [3.63, 3.8) is 0 Å². The lowest BCUT2D eigenvalue weighted by molar-refractivity contribution is -0.304. The second-order valence-electron chi connectivity index (χ2n) is 6.24. The molecule has 4 N–H and O–H groups in total. The van der Waals surface area contributed by atoms with Crippen molar-refractivity contribution in [2.45, 2.75) is 95.6 Å². The van der Waals surface area contributed by atoms with Gasteiger partial charge in [0.05, 0.1) is 18.6 Å². The molecule has 0 amide bonds. The normalized spacial score (nSPS) is 32.7. The maximum absolute atomic E-state index is 11.0. The van der Waals surface area contributed by atoms with Crippen molar-refractivity contribution in [2.75, 3.05) is 0 Å². The van der Waals surface area contributed by atoms with Gasteiger partial charge in [-0.25, -0.2) is 0 Å². The maximum atomic E-state index is 11.0. The highest BCUT2D eigenvalue weighted by Gasteiger charge is 2.43. The second kappa shape index (κ2) is 10.2. The Balaban J connectivity index is 2.52. The van der Waals surface area contributed by atoms with Crippen molar-refractivity contribution in [1.82, 2.24) is 0 Å². The Hall–Kier alpha value is -0.730. The van der Waals surface area contributed by atoms with E-state index in [0.717, 1.165) is 32.1 Å². The molecule has 0 aromatic rings. The first kappa shape index (κ1) is 20.3. The molecule has 0 aromatic heterocycles. The second-order valence-corrected chi connectivity index (χ2v) is 6.24. The highest BCUT2D eigenvalue weighted by atomic mass is 16.7. The number of aliphatic hydroxyl groups is 3. The van der Waals surface area contributed by atoms with Crippen molar-refractivity contribution in [3.8, 4) is 0 Å². The Labute approximate surface area is 137 Å². The average Bonchev–Trinajstić information content (AvgIpc) is 2.49. The van der Waals surface area contributed by atoms with Crippen LogP contribution in [0.2, 0.25) is 0 Å². The van der Waals surface area contributed by atoms with Gasteiger partial charge in [0.2, 0.25) is 0 Å². The first-order chi connectivity index (χ1) is 10.9. The molecule has 0 aliphatic carbocycles. The van der Waals surface area contributed by atoms with Gasteiger partial charge in [0.1, 0.15) is 18.3 Å². The molecular formula is C16H30O7. The Kier molecular flexibility index (Phi) is 9.01. The third-order valence-corrected chi connectivity index (χ3v) is 4.17. The van der Waals surface area contributed by atoms with Gasteiger partial charge in [-0.2, -0.15) is 0 Å². The van der Waals surface area contributed by atoms with E-state index < -0.39 is 42.8 Å². The minimum atomic E-state index is -1.41. The minimum Gasteiger partial charge on any atom is -0.481 e.